The van der Waals surface area contributed by atoms with E-state index in [0.29, 0.717) is 17.0 Å². The number of rotatable bonds is 2. The second kappa shape index (κ2) is 3.20. The lowest BCUT2D eigenvalue weighted by Crippen LogP contribution is -1.99. The third-order valence-corrected chi connectivity index (χ3v) is 1.72. The molecule has 2 nitrogen and oxygen atoms in total. The number of carbonyl (C=O) groups is 1. The van der Waals surface area contributed by atoms with Gasteiger partial charge in [0.25, 0.3) is 0 Å². The average molecular weight is 180 g/mol. The normalized spacial score (nSPS) is 17.1. The molecule has 0 radical (unpaired) electrons. The molecule has 0 saturated heterocycles. The summed E-state index contributed by atoms with van der Waals surface area (Å²) in [4.78, 5) is 10.5. The molecule has 1 aliphatic rings. The van der Waals surface area contributed by atoms with Crippen LogP contribution in [0.15, 0.2) is 0 Å². The third kappa shape index (κ3) is 1.92. The minimum Gasteiger partial charge on any atom is -0.344 e. The highest BCUT2D eigenvalue weighted by Crippen LogP contribution is 2.29. The molecule has 0 spiro atoms. The van der Waals surface area contributed by atoms with Crippen molar-refractivity contribution in [2.45, 2.75) is 12.8 Å². The first-order chi connectivity index (χ1) is 3.34. The van der Waals surface area contributed by atoms with Gasteiger partial charge in [0.15, 0.2) is 0 Å². The van der Waals surface area contributed by atoms with Crippen LogP contribution in [0.5, 0.6) is 0 Å². The summed E-state index contributed by atoms with van der Waals surface area (Å²) in [6.07, 6.45) is 2.26. The summed E-state index contributed by atoms with van der Waals surface area (Å²) >= 11 is 3.11. The quantitative estimate of drug-likeness (QED) is 0.655. The zero-order chi connectivity index (χ0) is 5.28. The number of hydrogen-bond acceptors (Lipinski definition) is 2. The maximum absolute atomic E-state index is 10.5. The monoisotopic (exact) mass is 179 g/mol. The number of ketones is 1. The topological polar surface area (TPSA) is 52.1 Å². The van der Waals surface area contributed by atoms with Gasteiger partial charge in [-0.1, -0.05) is 15.9 Å². The zero-order valence-electron chi connectivity index (χ0n) is 4.69. The van der Waals surface area contributed by atoms with Crippen LogP contribution < -0.4 is 6.15 Å². The molecule has 48 valence electrons. The highest BCUT2D eigenvalue weighted by molar-refractivity contribution is 9.09. The molecule has 0 unspecified atom stereocenters. The molecule has 0 heterocycles. The van der Waals surface area contributed by atoms with Crippen molar-refractivity contribution in [1.82, 2.24) is 6.15 Å². The summed E-state index contributed by atoms with van der Waals surface area (Å²) in [5.41, 5.74) is 0. The lowest BCUT2D eigenvalue weighted by atomic mass is 10.3. The first-order valence-electron chi connectivity index (χ1n) is 2.43. The van der Waals surface area contributed by atoms with Gasteiger partial charge in [0.1, 0.15) is 5.78 Å². The van der Waals surface area contributed by atoms with E-state index in [1.54, 1.807) is 0 Å². The summed E-state index contributed by atoms with van der Waals surface area (Å²) in [6.45, 7) is 0. The predicted octanol–water partition coefficient (Wildman–Crippen LogP) is 1.52. The van der Waals surface area contributed by atoms with Crippen LogP contribution in [0.1, 0.15) is 12.8 Å². The Labute approximate surface area is 57.4 Å². The zero-order valence-corrected chi connectivity index (χ0v) is 6.28. The van der Waals surface area contributed by atoms with E-state index in [0.717, 1.165) is 12.8 Å². The Kier molecular flexibility index (Phi) is 3.24. The Morgan fingerprint density at radius 3 is 2.25 bits per heavy atom. The molecule has 1 fully saturated rings. The van der Waals surface area contributed by atoms with Crippen LogP contribution in [-0.4, -0.2) is 11.1 Å². The molecule has 0 aromatic carbocycles. The SMILES string of the molecule is N.O=C(CBr)C1CC1. The van der Waals surface area contributed by atoms with E-state index in [1.165, 1.54) is 0 Å². The van der Waals surface area contributed by atoms with Crippen molar-refractivity contribution in [3.8, 4) is 0 Å². The Morgan fingerprint density at radius 1 is 1.62 bits per heavy atom. The van der Waals surface area contributed by atoms with E-state index >= 15 is 0 Å². The van der Waals surface area contributed by atoms with Crippen molar-refractivity contribution in [2.75, 3.05) is 5.33 Å². The number of halogens is 1. The summed E-state index contributed by atoms with van der Waals surface area (Å²) in [6, 6.07) is 0. The fourth-order valence-corrected chi connectivity index (χ4v) is 0.972. The average Bonchev–Trinajstić information content (AvgIpc) is 2.44. The molecule has 1 aliphatic carbocycles. The first kappa shape index (κ1) is 8.11. The Balaban J connectivity index is 0.000000490. The van der Waals surface area contributed by atoms with E-state index < -0.39 is 0 Å². The Bertz CT molecular complexity index is 90.4. The summed E-state index contributed by atoms with van der Waals surface area (Å²) in [5, 5.41) is 0.553. The molecule has 3 heteroatoms. The Hall–Kier alpha value is 0.110. The van der Waals surface area contributed by atoms with Crippen LogP contribution >= 0.6 is 15.9 Å². The minimum absolute atomic E-state index is 0. The highest BCUT2D eigenvalue weighted by Gasteiger charge is 2.27. The molecule has 1 saturated carbocycles. The van der Waals surface area contributed by atoms with Crippen molar-refractivity contribution in [2.24, 2.45) is 5.92 Å². The largest absolute Gasteiger partial charge is 0.344 e. The lowest BCUT2D eigenvalue weighted by molar-refractivity contribution is -0.117. The molecule has 0 aliphatic heterocycles. The molecule has 0 atom stereocenters. The smallest absolute Gasteiger partial charge is 0.146 e. The van der Waals surface area contributed by atoms with Gasteiger partial charge >= 0.3 is 0 Å². The molecule has 0 amide bonds. The van der Waals surface area contributed by atoms with Crippen LogP contribution in [0.3, 0.4) is 0 Å². The second-order valence-electron chi connectivity index (χ2n) is 1.87. The molecule has 0 aromatic rings. The van der Waals surface area contributed by atoms with Crippen molar-refractivity contribution < 1.29 is 4.79 Å². The van der Waals surface area contributed by atoms with Gasteiger partial charge in [0.2, 0.25) is 0 Å². The van der Waals surface area contributed by atoms with Crippen LogP contribution in [0.2, 0.25) is 0 Å². The van der Waals surface area contributed by atoms with Gasteiger partial charge in [-0.2, -0.15) is 0 Å². The minimum atomic E-state index is 0. The van der Waals surface area contributed by atoms with Crippen LogP contribution in [0.25, 0.3) is 0 Å². The van der Waals surface area contributed by atoms with E-state index in [1.807, 2.05) is 0 Å². The fourth-order valence-electron chi connectivity index (χ4n) is 0.514. The van der Waals surface area contributed by atoms with E-state index in [-0.39, 0.29) is 6.15 Å². The molecule has 3 N–H and O–H groups in total. The number of carbonyl (C=O) groups excluding carboxylic acids is 1. The Morgan fingerprint density at radius 2 is 2.12 bits per heavy atom. The van der Waals surface area contributed by atoms with E-state index in [4.69, 9.17) is 0 Å². The number of alkyl halides is 1. The van der Waals surface area contributed by atoms with Gasteiger partial charge in [0, 0.05) is 5.92 Å². The van der Waals surface area contributed by atoms with Gasteiger partial charge in [-0.25, -0.2) is 0 Å². The van der Waals surface area contributed by atoms with Crippen LogP contribution in [0.4, 0.5) is 0 Å². The highest BCUT2D eigenvalue weighted by atomic mass is 79.9. The maximum Gasteiger partial charge on any atom is 0.146 e. The fraction of sp³-hybridized carbons (Fsp3) is 0.800. The molecule has 8 heavy (non-hydrogen) atoms. The van der Waals surface area contributed by atoms with Crippen molar-refractivity contribution in [3.63, 3.8) is 0 Å². The molecule has 1 rings (SSSR count). The third-order valence-electron chi connectivity index (χ3n) is 1.16. The van der Waals surface area contributed by atoms with E-state index in [9.17, 15) is 4.79 Å². The summed E-state index contributed by atoms with van der Waals surface area (Å²) in [7, 11) is 0. The van der Waals surface area contributed by atoms with Crippen molar-refractivity contribution >= 4 is 21.7 Å². The van der Waals surface area contributed by atoms with Crippen LogP contribution in [-0.2, 0) is 4.79 Å². The van der Waals surface area contributed by atoms with E-state index in [2.05, 4.69) is 15.9 Å². The number of Topliss-reactive ketones (excluding diaryl/α,β-unsaturated/α-hetero) is 1. The van der Waals surface area contributed by atoms with Gasteiger partial charge in [-0.3, -0.25) is 4.79 Å². The molecule has 0 bridgehead atoms. The predicted molar refractivity (Wildman–Crippen MR) is 36.5 cm³/mol. The summed E-state index contributed by atoms with van der Waals surface area (Å²) < 4.78 is 0. The van der Waals surface area contributed by atoms with Crippen molar-refractivity contribution in [3.05, 3.63) is 0 Å². The molecule has 0 aromatic heterocycles. The van der Waals surface area contributed by atoms with Gasteiger partial charge in [-0.05, 0) is 12.8 Å². The van der Waals surface area contributed by atoms with Crippen molar-refractivity contribution in [1.29, 1.82) is 0 Å². The maximum atomic E-state index is 10.5. The van der Waals surface area contributed by atoms with Crippen LogP contribution in [0, 0.1) is 5.92 Å². The van der Waals surface area contributed by atoms with Gasteiger partial charge in [-0.15, -0.1) is 0 Å². The lowest BCUT2D eigenvalue weighted by Gasteiger charge is -1.83. The second-order valence-corrected chi connectivity index (χ2v) is 2.43. The summed E-state index contributed by atoms with van der Waals surface area (Å²) in [5.74, 6) is 0.805. The first-order valence-corrected chi connectivity index (χ1v) is 3.55. The van der Waals surface area contributed by atoms with Gasteiger partial charge in [0.05, 0.1) is 5.33 Å². The molecular weight excluding hydrogens is 170 g/mol. The molecular formula is C5H10BrNO. The number of hydrogen-bond donors (Lipinski definition) is 1. The van der Waals surface area contributed by atoms with Gasteiger partial charge < -0.3 is 6.15 Å². The standard InChI is InChI=1S/C5H7BrO.H3N/c6-3-5(7)4-1-2-4;/h4H,1-3H2;1H3.